The Balaban J connectivity index is 1.59. The highest BCUT2D eigenvalue weighted by atomic mass is 19.1. The molecule has 0 radical (unpaired) electrons. The molecule has 1 N–H and O–H groups in total. The molecule has 0 aliphatic carbocycles. The van der Waals surface area contributed by atoms with Crippen LogP contribution < -0.4 is 10.2 Å². The minimum Gasteiger partial charge on any atom is -0.381 e. The molecule has 0 unspecified atom stereocenters. The minimum absolute atomic E-state index is 0.104. The first-order valence-corrected chi connectivity index (χ1v) is 9.75. The van der Waals surface area contributed by atoms with E-state index >= 15 is 0 Å². The Morgan fingerprint density at radius 2 is 1.90 bits per heavy atom. The summed E-state index contributed by atoms with van der Waals surface area (Å²) < 4.78 is 33.8. The van der Waals surface area contributed by atoms with Gasteiger partial charge in [0.1, 0.15) is 11.6 Å². The van der Waals surface area contributed by atoms with Gasteiger partial charge < -0.3 is 15.0 Å². The van der Waals surface area contributed by atoms with Gasteiger partial charge in [0.25, 0.3) is 0 Å². The minimum atomic E-state index is -0.944. The molecule has 5 nitrogen and oxygen atoms in total. The number of carbonyl (C=O) groups excluding carboxylic acids is 2. The van der Waals surface area contributed by atoms with E-state index in [1.54, 1.807) is 18.2 Å². The van der Waals surface area contributed by atoms with E-state index in [1.807, 2.05) is 0 Å². The first-order valence-electron chi connectivity index (χ1n) is 9.75. The van der Waals surface area contributed by atoms with Gasteiger partial charge in [0, 0.05) is 31.9 Å². The first-order chi connectivity index (χ1) is 14.0. The molecule has 2 aromatic rings. The summed E-state index contributed by atoms with van der Waals surface area (Å²) in [7, 11) is 0. The van der Waals surface area contributed by atoms with Crippen LogP contribution in [-0.2, 0) is 19.7 Å². The number of benzene rings is 2. The number of halogens is 2. The molecule has 2 fully saturated rings. The molecule has 29 heavy (non-hydrogen) atoms. The van der Waals surface area contributed by atoms with E-state index in [-0.39, 0.29) is 17.5 Å². The third kappa shape index (κ3) is 3.74. The Bertz CT molecular complexity index is 941. The number of anilines is 2. The van der Waals surface area contributed by atoms with Gasteiger partial charge in [0.2, 0.25) is 11.8 Å². The van der Waals surface area contributed by atoms with Gasteiger partial charge in [-0.3, -0.25) is 9.59 Å². The Labute approximate surface area is 167 Å². The lowest BCUT2D eigenvalue weighted by Gasteiger charge is -2.36. The van der Waals surface area contributed by atoms with Crippen LogP contribution in [0.2, 0.25) is 0 Å². The summed E-state index contributed by atoms with van der Waals surface area (Å²) in [6.07, 6.45) is 1.93. The monoisotopic (exact) mass is 400 g/mol. The second-order valence-electron chi connectivity index (χ2n) is 7.47. The SMILES string of the molecule is O=C1CCCN1c1ccc(NC(=O)C2(c3cccc(F)c3)CCOCC2)cc1F. The molecular weight excluding hydrogens is 378 g/mol. The summed E-state index contributed by atoms with van der Waals surface area (Å²) in [6.45, 7) is 1.26. The smallest absolute Gasteiger partial charge is 0.235 e. The van der Waals surface area contributed by atoms with Gasteiger partial charge in [0.15, 0.2) is 0 Å². The van der Waals surface area contributed by atoms with E-state index in [0.717, 1.165) is 0 Å². The van der Waals surface area contributed by atoms with Crippen LogP contribution >= 0.6 is 0 Å². The van der Waals surface area contributed by atoms with Crippen molar-refractivity contribution in [3.8, 4) is 0 Å². The number of amides is 2. The predicted octanol–water partition coefficient (Wildman–Crippen LogP) is 3.78. The van der Waals surface area contributed by atoms with Crippen LogP contribution in [-0.4, -0.2) is 31.6 Å². The molecule has 4 rings (SSSR count). The van der Waals surface area contributed by atoms with Crippen molar-refractivity contribution >= 4 is 23.2 Å². The highest BCUT2D eigenvalue weighted by molar-refractivity contribution is 6.00. The number of hydrogen-bond acceptors (Lipinski definition) is 3. The molecule has 2 saturated heterocycles. The normalized spacial score (nSPS) is 18.7. The number of rotatable bonds is 4. The molecule has 2 aliphatic rings. The Kier molecular flexibility index (Phi) is 5.32. The average molecular weight is 400 g/mol. The van der Waals surface area contributed by atoms with Crippen LogP contribution in [0.25, 0.3) is 0 Å². The van der Waals surface area contributed by atoms with Gasteiger partial charge in [-0.15, -0.1) is 0 Å². The average Bonchev–Trinajstić information content (AvgIpc) is 3.14. The highest BCUT2D eigenvalue weighted by Crippen LogP contribution is 2.37. The maximum Gasteiger partial charge on any atom is 0.235 e. The van der Waals surface area contributed by atoms with Gasteiger partial charge in [-0.25, -0.2) is 8.78 Å². The molecule has 152 valence electrons. The number of ether oxygens (including phenoxy) is 1. The lowest BCUT2D eigenvalue weighted by atomic mass is 9.73. The predicted molar refractivity (Wildman–Crippen MR) is 105 cm³/mol. The second kappa shape index (κ2) is 7.91. The van der Waals surface area contributed by atoms with Crippen LogP contribution in [0, 0.1) is 11.6 Å². The van der Waals surface area contributed by atoms with Crippen molar-refractivity contribution in [2.24, 2.45) is 0 Å². The lowest BCUT2D eigenvalue weighted by molar-refractivity contribution is -0.125. The summed E-state index contributed by atoms with van der Waals surface area (Å²) in [5.41, 5.74) is 0.153. The lowest BCUT2D eigenvalue weighted by Crippen LogP contribution is -2.45. The maximum absolute atomic E-state index is 14.6. The largest absolute Gasteiger partial charge is 0.381 e. The zero-order chi connectivity index (χ0) is 20.4. The van der Waals surface area contributed by atoms with Gasteiger partial charge in [-0.05, 0) is 55.2 Å². The summed E-state index contributed by atoms with van der Waals surface area (Å²) in [5, 5.41) is 2.78. The van der Waals surface area contributed by atoms with Crippen molar-refractivity contribution in [3.63, 3.8) is 0 Å². The van der Waals surface area contributed by atoms with E-state index < -0.39 is 17.0 Å². The van der Waals surface area contributed by atoms with Crippen LogP contribution in [0.4, 0.5) is 20.2 Å². The van der Waals surface area contributed by atoms with Crippen molar-refractivity contribution in [1.29, 1.82) is 0 Å². The number of hydrogen-bond donors (Lipinski definition) is 1. The Morgan fingerprint density at radius 1 is 1.10 bits per heavy atom. The highest BCUT2D eigenvalue weighted by Gasteiger charge is 2.42. The topological polar surface area (TPSA) is 58.6 Å². The summed E-state index contributed by atoms with van der Waals surface area (Å²) in [6, 6.07) is 10.3. The fourth-order valence-electron chi connectivity index (χ4n) is 4.11. The third-order valence-electron chi connectivity index (χ3n) is 5.73. The Morgan fingerprint density at radius 3 is 2.55 bits per heavy atom. The number of nitrogens with zero attached hydrogens (tertiary/aromatic N) is 1. The van der Waals surface area contributed by atoms with Crippen LogP contribution in [0.3, 0.4) is 0 Å². The first kappa shape index (κ1) is 19.5. The van der Waals surface area contributed by atoms with Crippen molar-refractivity contribution in [3.05, 3.63) is 59.7 Å². The van der Waals surface area contributed by atoms with Crippen LogP contribution in [0.5, 0.6) is 0 Å². The van der Waals surface area contributed by atoms with Gasteiger partial charge >= 0.3 is 0 Å². The molecule has 7 heteroatoms. The van der Waals surface area contributed by atoms with Crippen molar-refractivity contribution in [1.82, 2.24) is 0 Å². The maximum atomic E-state index is 14.6. The standard InChI is InChI=1S/C22H22F2N2O3/c23-16-4-1-3-15(13-16)22(8-11-29-12-9-22)21(28)25-17-6-7-19(18(24)14-17)26-10-2-5-20(26)27/h1,3-4,6-7,13-14H,2,5,8-12H2,(H,25,28). The van der Waals surface area contributed by atoms with Crippen LogP contribution in [0.1, 0.15) is 31.2 Å². The summed E-state index contributed by atoms with van der Waals surface area (Å²) >= 11 is 0. The van der Waals surface area contributed by atoms with Crippen molar-refractivity contribution in [2.45, 2.75) is 31.1 Å². The van der Waals surface area contributed by atoms with Crippen molar-refractivity contribution in [2.75, 3.05) is 30.0 Å². The third-order valence-corrected chi connectivity index (χ3v) is 5.73. The quantitative estimate of drug-likeness (QED) is 0.850. The van der Waals surface area contributed by atoms with E-state index in [1.165, 1.54) is 29.2 Å². The fourth-order valence-corrected chi connectivity index (χ4v) is 4.11. The molecule has 0 saturated carbocycles. The molecule has 0 spiro atoms. The molecular formula is C22H22F2N2O3. The van der Waals surface area contributed by atoms with Crippen LogP contribution in [0.15, 0.2) is 42.5 Å². The molecule has 2 heterocycles. The molecule has 2 amide bonds. The van der Waals surface area contributed by atoms with E-state index in [9.17, 15) is 18.4 Å². The Hall–Kier alpha value is -2.80. The second-order valence-corrected chi connectivity index (χ2v) is 7.47. The van der Waals surface area contributed by atoms with E-state index in [4.69, 9.17) is 4.74 Å². The molecule has 0 atom stereocenters. The van der Waals surface area contributed by atoms with Gasteiger partial charge in [-0.1, -0.05) is 12.1 Å². The fraction of sp³-hybridized carbons (Fsp3) is 0.364. The van der Waals surface area contributed by atoms with Gasteiger partial charge in [-0.2, -0.15) is 0 Å². The van der Waals surface area contributed by atoms with E-state index in [0.29, 0.717) is 56.7 Å². The number of carbonyl (C=O) groups is 2. The summed E-state index contributed by atoms with van der Waals surface area (Å²) in [4.78, 5) is 26.5. The zero-order valence-corrected chi connectivity index (χ0v) is 15.9. The molecule has 0 bridgehead atoms. The van der Waals surface area contributed by atoms with Gasteiger partial charge in [0.05, 0.1) is 11.1 Å². The van der Waals surface area contributed by atoms with E-state index in [2.05, 4.69) is 5.32 Å². The molecule has 2 aromatic carbocycles. The van der Waals surface area contributed by atoms with Crippen molar-refractivity contribution < 1.29 is 23.1 Å². The molecule has 2 aliphatic heterocycles. The summed E-state index contributed by atoms with van der Waals surface area (Å²) in [5.74, 6) is -1.40. The zero-order valence-electron chi connectivity index (χ0n) is 15.9. The molecule has 0 aromatic heterocycles. The number of nitrogens with one attached hydrogen (secondary N) is 1.